The molecule has 0 amide bonds. The number of nitrogens with zero attached hydrogens (tertiary/aromatic N) is 3. The van der Waals surface area contributed by atoms with Crippen LogP contribution >= 0.6 is 27.3 Å². The number of aryl methyl sites for hydroxylation is 1. The molecule has 0 radical (unpaired) electrons. The summed E-state index contributed by atoms with van der Waals surface area (Å²) in [7, 11) is 1.95. The smallest absolute Gasteiger partial charge is 0.165 e. The lowest BCUT2D eigenvalue weighted by Gasteiger charge is -2.16. The van der Waals surface area contributed by atoms with Crippen molar-refractivity contribution in [2.24, 2.45) is 7.05 Å². The molecular formula is C15H15BrN4S. The van der Waals surface area contributed by atoms with Gasteiger partial charge in [-0.2, -0.15) is 0 Å². The fraction of sp³-hybridized carbons (Fsp3) is 0.200. The molecule has 2 aromatic heterocycles. The number of thiophene rings is 1. The minimum Gasteiger partial charge on any atom is -0.377 e. The van der Waals surface area contributed by atoms with E-state index in [0.717, 1.165) is 20.9 Å². The lowest BCUT2D eigenvalue weighted by atomic mass is 10.1. The third-order valence-corrected chi connectivity index (χ3v) is 5.08. The maximum Gasteiger partial charge on any atom is 0.165 e. The second-order valence-electron chi connectivity index (χ2n) is 4.82. The van der Waals surface area contributed by atoms with Gasteiger partial charge in [0.2, 0.25) is 0 Å². The van der Waals surface area contributed by atoms with Crippen molar-refractivity contribution in [1.82, 2.24) is 14.8 Å². The molecule has 1 atom stereocenters. The first-order valence-corrected chi connectivity index (χ1v) is 8.21. The molecule has 3 rings (SSSR count). The summed E-state index contributed by atoms with van der Waals surface area (Å²) in [5, 5.41) is 11.7. The van der Waals surface area contributed by atoms with E-state index in [1.807, 2.05) is 23.7 Å². The second-order valence-corrected chi connectivity index (χ2v) is 7.31. The average Bonchev–Trinajstić information content (AvgIpc) is 3.08. The highest BCUT2D eigenvalue weighted by Crippen LogP contribution is 2.32. The van der Waals surface area contributed by atoms with Crippen LogP contribution in [0.5, 0.6) is 0 Å². The van der Waals surface area contributed by atoms with Gasteiger partial charge in [0.15, 0.2) is 5.82 Å². The lowest BCUT2D eigenvalue weighted by Crippen LogP contribution is -2.06. The average molecular weight is 363 g/mol. The molecule has 0 fully saturated rings. The van der Waals surface area contributed by atoms with Crippen molar-refractivity contribution in [2.45, 2.75) is 13.0 Å². The molecule has 1 unspecified atom stereocenters. The zero-order chi connectivity index (χ0) is 14.8. The molecule has 0 saturated heterocycles. The van der Waals surface area contributed by atoms with Crippen LogP contribution in [-0.2, 0) is 7.05 Å². The largest absolute Gasteiger partial charge is 0.377 e. The molecule has 2 heterocycles. The van der Waals surface area contributed by atoms with Gasteiger partial charge in [-0.25, -0.2) is 0 Å². The molecule has 0 spiro atoms. The molecule has 4 nitrogen and oxygen atoms in total. The van der Waals surface area contributed by atoms with Gasteiger partial charge in [-0.05, 0) is 47.1 Å². The maximum atomic E-state index is 4.20. The highest BCUT2D eigenvalue weighted by molar-refractivity contribution is 9.11. The van der Waals surface area contributed by atoms with Gasteiger partial charge in [-0.3, -0.25) is 0 Å². The first kappa shape index (κ1) is 14.3. The third-order valence-electron chi connectivity index (χ3n) is 3.27. The molecule has 0 aliphatic heterocycles. The maximum absolute atomic E-state index is 4.20. The zero-order valence-electron chi connectivity index (χ0n) is 11.7. The Balaban J connectivity index is 1.91. The molecular weight excluding hydrogens is 348 g/mol. The summed E-state index contributed by atoms with van der Waals surface area (Å²) in [5.74, 6) is 0.859. The van der Waals surface area contributed by atoms with Gasteiger partial charge in [0, 0.05) is 23.2 Å². The van der Waals surface area contributed by atoms with Gasteiger partial charge in [0.1, 0.15) is 6.33 Å². The van der Waals surface area contributed by atoms with E-state index in [9.17, 15) is 0 Å². The Kier molecular flexibility index (Phi) is 4.07. The highest BCUT2D eigenvalue weighted by Gasteiger charge is 2.13. The Labute approximate surface area is 136 Å². The van der Waals surface area contributed by atoms with Crippen molar-refractivity contribution in [3.05, 3.63) is 51.4 Å². The fourth-order valence-electron chi connectivity index (χ4n) is 2.20. The Bertz CT molecular complexity index is 749. The monoisotopic (exact) mass is 362 g/mol. The van der Waals surface area contributed by atoms with Crippen LogP contribution in [0.15, 0.2) is 46.5 Å². The molecule has 108 valence electrons. The van der Waals surface area contributed by atoms with E-state index in [-0.39, 0.29) is 6.04 Å². The number of nitrogens with one attached hydrogen (secondary N) is 1. The second kappa shape index (κ2) is 5.99. The van der Waals surface area contributed by atoms with Crippen LogP contribution in [0.3, 0.4) is 0 Å². The number of anilines is 1. The predicted octanol–water partition coefficient (Wildman–Crippen LogP) is 4.48. The molecule has 1 aromatic carbocycles. The van der Waals surface area contributed by atoms with Crippen LogP contribution in [0.4, 0.5) is 5.69 Å². The van der Waals surface area contributed by atoms with Crippen molar-refractivity contribution in [1.29, 1.82) is 0 Å². The number of aromatic nitrogens is 3. The summed E-state index contributed by atoms with van der Waals surface area (Å²) >= 11 is 5.25. The van der Waals surface area contributed by atoms with Gasteiger partial charge in [0.25, 0.3) is 0 Å². The van der Waals surface area contributed by atoms with E-state index in [1.165, 1.54) is 4.88 Å². The highest BCUT2D eigenvalue weighted by atomic mass is 79.9. The van der Waals surface area contributed by atoms with Gasteiger partial charge in [-0.1, -0.05) is 12.1 Å². The molecule has 21 heavy (non-hydrogen) atoms. The summed E-state index contributed by atoms with van der Waals surface area (Å²) in [4.78, 5) is 1.29. The van der Waals surface area contributed by atoms with Crippen molar-refractivity contribution in [2.75, 3.05) is 5.32 Å². The van der Waals surface area contributed by atoms with Crippen molar-refractivity contribution < 1.29 is 0 Å². The van der Waals surface area contributed by atoms with Crippen LogP contribution in [0.1, 0.15) is 17.8 Å². The molecule has 0 saturated carbocycles. The summed E-state index contributed by atoms with van der Waals surface area (Å²) in [5.41, 5.74) is 2.12. The normalized spacial score (nSPS) is 12.3. The number of benzene rings is 1. The van der Waals surface area contributed by atoms with E-state index < -0.39 is 0 Å². The Hall–Kier alpha value is -1.66. The molecule has 3 aromatic rings. The first-order valence-electron chi connectivity index (χ1n) is 6.60. The third kappa shape index (κ3) is 3.01. The van der Waals surface area contributed by atoms with Crippen LogP contribution in [0.2, 0.25) is 0 Å². The quantitative estimate of drug-likeness (QED) is 0.743. The molecule has 0 aliphatic rings. The predicted molar refractivity (Wildman–Crippen MR) is 90.5 cm³/mol. The lowest BCUT2D eigenvalue weighted by molar-refractivity contribution is 0.900. The molecule has 0 bridgehead atoms. The summed E-state index contributed by atoms with van der Waals surface area (Å²) in [6.07, 6.45) is 1.71. The minimum atomic E-state index is 0.232. The number of hydrogen-bond acceptors (Lipinski definition) is 4. The molecule has 0 aliphatic carbocycles. The van der Waals surface area contributed by atoms with E-state index >= 15 is 0 Å². The van der Waals surface area contributed by atoms with Gasteiger partial charge in [-0.15, -0.1) is 21.5 Å². The zero-order valence-corrected chi connectivity index (χ0v) is 14.1. The van der Waals surface area contributed by atoms with Gasteiger partial charge >= 0.3 is 0 Å². The summed E-state index contributed by atoms with van der Waals surface area (Å²) in [6.45, 7) is 2.16. The van der Waals surface area contributed by atoms with Crippen LogP contribution in [0.25, 0.3) is 11.4 Å². The Morgan fingerprint density at radius 3 is 2.71 bits per heavy atom. The van der Waals surface area contributed by atoms with Crippen molar-refractivity contribution in [3.8, 4) is 11.4 Å². The molecule has 6 heteroatoms. The topological polar surface area (TPSA) is 42.7 Å². The summed E-state index contributed by atoms with van der Waals surface area (Å²) in [6, 6.07) is 12.6. The summed E-state index contributed by atoms with van der Waals surface area (Å²) < 4.78 is 3.07. The fourth-order valence-corrected chi connectivity index (χ4v) is 3.62. The van der Waals surface area contributed by atoms with Gasteiger partial charge < -0.3 is 9.88 Å². The van der Waals surface area contributed by atoms with E-state index in [4.69, 9.17) is 0 Å². The van der Waals surface area contributed by atoms with E-state index in [2.05, 4.69) is 62.6 Å². The van der Waals surface area contributed by atoms with Crippen molar-refractivity contribution >= 4 is 33.0 Å². The number of halogens is 1. The number of hydrogen-bond donors (Lipinski definition) is 1. The standard InChI is InChI=1S/C15H15BrN4S/c1-10(13-7-8-14(16)21-13)18-12-6-4-3-5-11(12)15-19-17-9-20(15)2/h3-10,18H,1-2H3. The first-order chi connectivity index (χ1) is 10.1. The number of para-hydroxylation sites is 1. The van der Waals surface area contributed by atoms with Gasteiger partial charge in [0.05, 0.1) is 9.83 Å². The minimum absolute atomic E-state index is 0.232. The van der Waals surface area contributed by atoms with E-state index in [1.54, 1.807) is 17.7 Å². The SMILES string of the molecule is CC(Nc1ccccc1-c1nncn1C)c1ccc(Br)s1. The Morgan fingerprint density at radius 1 is 1.24 bits per heavy atom. The number of rotatable bonds is 4. The van der Waals surface area contributed by atoms with Crippen LogP contribution in [-0.4, -0.2) is 14.8 Å². The Morgan fingerprint density at radius 2 is 2.05 bits per heavy atom. The van der Waals surface area contributed by atoms with Crippen molar-refractivity contribution in [3.63, 3.8) is 0 Å². The molecule has 1 N–H and O–H groups in total. The van der Waals surface area contributed by atoms with Crippen LogP contribution in [0, 0.1) is 0 Å². The van der Waals surface area contributed by atoms with Crippen LogP contribution < -0.4 is 5.32 Å². The van der Waals surface area contributed by atoms with E-state index in [0.29, 0.717) is 0 Å².